The van der Waals surface area contributed by atoms with Crippen LogP contribution in [0.15, 0.2) is 63.9 Å². The summed E-state index contributed by atoms with van der Waals surface area (Å²) >= 11 is 3.32. The Bertz CT molecular complexity index is 931. The van der Waals surface area contributed by atoms with Gasteiger partial charge in [0.15, 0.2) is 0 Å². The number of benzene rings is 2. The number of aryl methyl sites for hydroxylation is 1. The molecule has 110 valence electrons. The molecule has 0 unspecified atom stereocenters. The molecule has 4 nitrogen and oxygen atoms in total. The lowest BCUT2D eigenvalue weighted by molar-refractivity contribution is 0.0736. The van der Waals surface area contributed by atoms with Crippen molar-refractivity contribution >= 4 is 32.8 Å². The molecule has 0 spiro atoms. The first kappa shape index (κ1) is 14.5. The number of pyridine rings is 1. The van der Waals surface area contributed by atoms with Crippen LogP contribution >= 0.6 is 15.9 Å². The molecule has 0 radical (unpaired) electrons. The van der Waals surface area contributed by atoms with Gasteiger partial charge >= 0.3 is 5.97 Å². The molecule has 0 atom stereocenters. The van der Waals surface area contributed by atoms with E-state index in [1.807, 2.05) is 30.3 Å². The van der Waals surface area contributed by atoms with Crippen LogP contribution in [0.25, 0.3) is 10.9 Å². The third-order valence-electron chi connectivity index (χ3n) is 3.41. The maximum absolute atomic E-state index is 12.3. The minimum atomic E-state index is -0.508. The van der Waals surface area contributed by atoms with Crippen LogP contribution in [0.3, 0.4) is 0 Å². The number of carbonyl (C=O) groups is 1. The van der Waals surface area contributed by atoms with Crippen LogP contribution in [0.1, 0.15) is 10.4 Å². The zero-order chi connectivity index (χ0) is 15.7. The van der Waals surface area contributed by atoms with Crippen molar-refractivity contribution in [1.82, 2.24) is 4.57 Å². The van der Waals surface area contributed by atoms with E-state index < -0.39 is 5.97 Å². The number of fused-ring (bicyclic) bond motifs is 1. The number of nitrogens with zero attached hydrogens (tertiary/aromatic N) is 1. The molecule has 0 aliphatic carbocycles. The van der Waals surface area contributed by atoms with E-state index >= 15 is 0 Å². The van der Waals surface area contributed by atoms with Gasteiger partial charge in [0.05, 0.1) is 11.1 Å². The molecule has 0 amide bonds. The van der Waals surface area contributed by atoms with Gasteiger partial charge < -0.3 is 9.30 Å². The van der Waals surface area contributed by atoms with E-state index in [0.29, 0.717) is 20.9 Å². The highest BCUT2D eigenvalue weighted by molar-refractivity contribution is 9.10. The van der Waals surface area contributed by atoms with Gasteiger partial charge in [0.1, 0.15) is 5.75 Å². The van der Waals surface area contributed by atoms with Crippen molar-refractivity contribution in [1.29, 1.82) is 0 Å². The highest BCUT2D eigenvalue weighted by Gasteiger charge is 2.15. The molecule has 0 fully saturated rings. The smallest absolute Gasteiger partial charge is 0.344 e. The molecule has 2 aromatic carbocycles. The van der Waals surface area contributed by atoms with Crippen LogP contribution in [-0.2, 0) is 7.05 Å². The van der Waals surface area contributed by atoms with Gasteiger partial charge in [0.2, 0.25) is 0 Å². The van der Waals surface area contributed by atoms with Crippen LogP contribution in [0, 0.1) is 0 Å². The summed E-state index contributed by atoms with van der Waals surface area (Å²) in [5.74, 6) is -0.245. The second-order valence-corrected chi connectivity index (χ2v) is 5.65. The molecule has 0 saturated heterocycles. The quantitative estimate of drug-likeness (QED) is 0.659. The van der Waals surface area contributed by atoms with Crippen LogP contribution in [-0.4, -0.2) is 10.5 Å². The summed E-state index contributed by atoms with van der Waals surface area (Å²) in [6.07, 6.45) is 0. The first-order valence-electron chi connectivity index (χ1n) is 6.63. The first-order valence-corrected chi connectivity index (χ1v) is 7.42. The SMILES string of the molecule is Cn1c(=O)cc(OC(=O)c2ccccc2Br)c2ccccc21. The van der Waals surface area contributed by atoms with Crippen molar-refractivity contribution in [3.8, 4) is 5.75 Å². The lowest BCUT2D eigenvalue weighted by atomic mass is 10.2. The van der Waals surface area contributed by atoms with Crippen molar-refractivity contribution in [2.75, 3.05) is 0 Å². The van der Waals surface area contributed by atoms with Gasteiger partial charge in [-0.1, -0.05) is 24.3 Å². The highest BCUT2D eigenvalue weighted by Crippen LogP contribution is 2.25. The van der Waals surface area contributed by atoms with Crippen molar-refractivity contribution in [2.45, 2.75) is 0 Å². The normalized spacial score (nSPS) is 10.6. The van der Waals surface area contributed by atoms with Gasteiger partial charge in [-0.3, -0.25) is 4.79 Å². The minimum absolute atomic E-state index is 0.228. The largest absolute Gasteiger partial charge is 0.422 e. The van der Waals surface area contributed by atoms with E-state index in [1.54, 1.807) is 25.2 Å². The lowest BCUT2D eigenvalue weighted by Gasteiger charge is -2.11. The summed E-state index contributed by atoms with van der Waals surface area (Å²) in [4.78, 5) is 24.3. The van der Waals surface area contributed by atoms with E-state index in [0.717, 1.165) is 0 Å². The second kappa shape index (κ2) is 5.77. The predicted molar refractivity (Wildman–Crippen MR) is 88.3 cm³/mol. The molecular weight excluding hydrogens is 346 g/mol. The summed E-state index contributed by atoms with van der Waals surface area (Å²) in [6.45, 7) is 0. The van der Waals surface area contributed by atoms with Crippen molar-refractivity contribution in [3.05, 3.63) is 75.0 Å². The van der Waals surface area contributed by atoms with E-state index in [1.165, 1.54) is 10.6 Å². The van der Waals surface area contributed by atoms with E-state index in [2.05, 4.69) is 15.9 Å². The molecule has 1 aromatic heterocycles. The molecule has 3 rings (SSSR count). The van der Waals surface area contributed by atoms with Gasteiger partial charge in [0, 0.05) is 23.0 Å². The van der Waals surface area contributed by atoms with Crippen LogP contribution < -0.4 is 10.3 Å². The predicted octanol–water partition coefficient (Wildman–Crippen LogP) is 3.52. The Kier molecular flexibility index (Phi) is 3.81. The summed E-state index contributed by atoms with van der Waals surface area (Å²) in [5.41, 5.74) is 0.894. The van der Waals surface area contributed by atoms with Crippen LogP contribution in [0.5, 0.6) is 5.75 Å². The lowest BCUT2D eigenvalue weighted by Crippen LogP contribution is -2.18. The third-order valence-corrected chi connectivity index (χ3v) is 4.10. The summed E-state index contributed by atoms with van der Waals surface area (Å²) in [6, 6.07) is 15.6. The number of hydrogen-bond acceptors (Lipinski definition) is 3. The summed E-state index contributed by atoms with van der Waals surface area (Å²) in [5, 5.41) is 0.713. The zero-order valence-electron chi connectivity index (χ0n) is 11.7. The molecule has 0 aliphatic heterocycles. The Morgan fingerprint density at radius 3 is 2.55 bits per heavy atom. The number of halogens is 1. The molecular formula is C17H12BrNO3. The Hall–Kier alpha value is -2.40. The number of para-hydroxylation sites is 1. The molecule has 0 aliphatic rings. The van der Waals surface area contributed by atoms with Crippen molar-refractivity contribution in [2.24, 2.45) is 7.05 Å². The van der Waals surface area contributed by atoms with E-state index in [4.69, 9.17) is 4.74 Å². The molecule has 0 N–H and O–H groups in total. The molecule has 0 bridgehead atoms. The molecule has 22 heavy (non-hydrogen) atoms. The van der Waals surface area contributed by atoms with Crippen LogP contribution in [0.4, 0.5) is 0 Å². The number of ether oxygens (including phenoxy) is 1. The Balaban J connectivity index is 2.09. The number of esters is 1. The Morgan fingerprint density at radius 1 is 1.09 bits per heavy atom. The second-order valence-electron chi connectivity index (χ2n) is 4.79. The third kappa shape index (κ3) is 2.55. The standard InChI is InChI=1S/C17H12BrNO3/c1-19-14-9-5-3-7-12(14)15(10-16(19)20)22-17(21)11-6-2-4-8-13(11)18/h2-10H,1H3. The maximum atomic E-state index is 12.3. The number of carbonyl (C=O) groups excluding carboxylic acids is 1. The van der Waals surface area contributed by atoms with Crippen LogP contribution in [0.2, 0.25) is 0 Å². The Labute approximate surface area is 135 Å². The fourth-order valence-corrected chi connectivity index (χ4v) is 2.69. The minimum Gasteiger partial charge on any atom is -0.422 e. The van der Waals surface area contributed by atoms with E-state index in [-0.39, 0.29) is 11.3 Å². The van der Waals surface area contributed by atoms with E-state index in [9.17, 15) is 9.59 Å². The summed E-state index contributed by atoms with van der Waals surface area (Å²) in [7, 11) is 1.68. The van der Waals surface area contributed by atoms with Crippen molar-refractivity contribution in [3.63, 3.8) is 0 Å². The highest BCUT2D eigenvalue weighted by atomic mass is 79.9. The maximum Gasteiger partial charge on any atom is 0.344 e. The zero-order valence-corrected chi connectivity index (χ0v) is 13.3. The monoisotopic (exact) mass is 357 g/mol. The fraction of sp³-hybridized carbons (Fsp3) is 0.0588. The Morgan fingerprint density at radius 2 is 1.77 bits per heavy atom. The van der Waals surface area contributed by atoms with Gasteiger partial charge in [-0.25, -0.2) is 4.79 Å². The fourth-order valence-electron chi connectivity index (χ4n) is 2.25. The van der Waals surface area contributed by atoms with Crippen molar-refractivity contribution < 1.29 is 9.53 Å². The van der Waals surface area contributed by atoms with Gasteiger partial charge in [-0.05, 0) is 40.2 Å². The van der Waals surface area contributed by atoms with Gasteiger partial charge in [-0.15, -0.1) is 0 Å². The molecule has 5 heteroatoms. The topological polar surface area (TPSA) is 48.3 Å². The average molecular weight is 358 g/mol. The first-order chi connectivity index (χ1) is 10.6. The number of rotatable bonds is 2. The summed E-state index contributed by atoms with van der Waals surface area (Å²) < 4.78 is 7.61. The number of aromatic nitrogens is 1. The molecule has 1 heterocycles. The number of hydrogen-bond donors (Lipinski definition) is 0. The van der Waals surface area contributed by atoms with Gasteiger partial charge in [0.25, 0.3) is 5.56 Å². The van der Waals surface area contributed by atoms with Gasteiger partial charge in [-0.2, -0.15) is 0 Å². The molecule has 3 aromatic rings. The molecule has 0 saturated carbocycles. The average Bonchev–Trinajstić information content (AvgIpc) is 2.52.